The van der Waals surface area contributed by atoms with Crippen LogP contribution < -0.4 is 5.32 Å². The molecule has 1 atom stereocenters. The van der Waals surface area contributed by atoms with Gasteiger partial charge in [0.2, 0.25) is 0 Å². The summed E-state index contributed by atoms with van der Waals surface area (Å²) < 4.78 is 1.09. The minimum atomic E-state index is 0.213. The van der Waals surface area contributed by atoms with Crippen LogP contribution in [0.15, 0.2) is 40.9 Å². The molecule has 0 aromatic heterocycles. The van der Waals surface area contributed by atoms with E-state index in [0.717, 1.165) is 16.5 Å². The molecular formula is C16H16BrCl2N. The second kappa shape index (κ2) is 6.95. The Hall–Kier alpha value is -0.540. The maximum Gasteiger partial charge on any atom is 0.0453 e. The first-order valence-electron chi connectivity index (χ1n) is 6.38. The number of halogens is 3. The van der Waals surface area contributed by atoms with Gasteiger partial charge in [-0.05, 0) is 61.3 Å². The third kappa shape index (κ3) is 3.98. The average Bonchev–Trinajstić information content (AvgIpc) is 2.36. The van der Waals surface area contributed by atoms with E-state index in [1.54, 1.807) is 6.07 Å². The number of likely N-dealkylation sites (N-methyl/N-ethyl adjacent to an activating group) is 1. The zero-order chi connectivity index (χ0) is 14.7. The highest BCUT2D eigenvalue weighted by molar-refractivity contribution is 9.10. The van der Waals surface area contributed by atoms with Gasteiger partial charge in [-0.1, -0.05) is 51.3 Å². The van der Waals surface area contributed by atoms with Crippen molar-refractivity contribution in [2.24, 2.45) is 0 Å². The summed E-state index contributed by atoms with van der Waals surface area (Å²) in [5.74, 6) is 0. The van der Waals surface area contributed by atoms with Crippen LogP contribution in [0.2, 0.25) is 10.0 Å². The summed E-state index contributed by atoms with van der Waals surface area (Å²) >= 11 is 15.7. The fraction of sp³-hybridized carbons (Fsp3) is 0.250. The molecule has 0 radical (unpaired) electrons. The summed E-state index contributed by atoms with van der Waals surface area (Å²) in [7, 11) is 1.96. The third-order valence-electron chi connectivity index (χ3n) is 3.25. The molecule has 0 spiro atoms. The van der Waals surface area contributed by atoms with Crippen molar-refractivity contribution in [3.63, 3.8) is 0 Å². The van der Waals surface area contributed by atoms with Crippen LogP contribution in [-0.4, -0.2) is 7.05 Å². The number of hydrogen-bond donors (Lipinski definition) is 1. The van der Waals surface area contributed by atoms with Crippen LogP contribution in [0.1, 0.15) is 22.7 Å². The lowest BCUT2D eigenvalue weighted by molar-refractivity contribution is 0.591. The molecular weight excluding hydrogens is 357 g/mol. The largest absolute Gasteiger partial charge is 0.313 e. The van der Waals surface area contributed by atoms with Crippen molar-refractivity contribution in [3.05, 3.63) is 67.6 Å². The molecule has 0 aliphatic heterocycles. The highest BCUT2D eigenvalue weighted by atomic mass is 79.9. The standard InChI is InChI=1S/C16H16BrCl2N/c1-10-5-12(7-13(17)6-10)16(20-2)8-11-3-4-14(18)9-15(11)19/h3-7,9,16,20H,8H2,1-2H3. The maximum atomic E-state index is 6.26. The van der Waals surface area contributed by atoms with E-state index in [9.17, 15) is 0 Å². The van der Waals surface area contributed by atoms with Gasteiger partial charge in [-0.2, -0.15) is 0 Å². The Morgan fingerprint density at radius 1 is 1.15 bits per heavy atom. The van der Waals surface area contributed by atoms with Crippen LogP contribution in [0.5, 0.6) is 0 Å². The number of rotatable bonds is 4. The van der Waals surface area contributed by atoms with Gasteiger partial charge in [-0.3, -0.25) is 0 Å². The molecule has 106 valence electrons. The lowest BCUT2D eigenvalue weighted by Gasteiger charge is -2.18. The molecule has 0 aliphatic rings. The van der Waals surface area contributed by atoms with Gasteiger partial charge in [0.05, 0.1) is 0 Å². The lowest BCUT2D eigenvalue weighted by Crippen LogP contribution is -2.19. The van der Waals surface area contributed by atoms with Crippen molar-refractivity contribution in [1.29, 1.82) is 0 Å². The molecule has 0 saturated carbocycles. The molecule has 2 aromatic rings. The monoisotopic (exact) mass is 371 g/mol. The molecule has 0 bridgehead atoms. The summed E-state index contributed by atoms with van der Waals surface area (Å²) in [6, 6.07) is 12.3. The molecule has 1 N–H and O–H groups in total. The average molecular weight is 373 g/mol. The van der Waals surface area contributed by atoms with Crippen molar-refractivity contribution in [1.82, 2.24) is 5.32 Å². The summed E-state index contributed by atoms with van der Waals surface area (Å²) in [5, 5.41) is 4.73. The van der Waals surface area contributed by atoms with E-state index in [1.807, 2.05) is 19.2 Å². The first-order chi connectivity index (χ1) is 9.49. The molecule has 0 fully saturated rings. The van der Waals surface area contributed by atoms with Crippen LogP contribution in [0.4, 0.5) is 0 Å². The molecule has 0 saturated heterocycles. The van der Waals surface area contributed by atoms with Gasteiger partial charge in [-0.25, -0.2) is 0 Å². The predicted octanol–water partition coefficient (Wildman–Crippen LogP) is 5.57. The lowest BCUT2D eigenvalue weighted by atomic mass is 9.98. The zero-order valence-corrected chi connectivity index (χ0v) is 14.5. The quantitative estimate of drug-likeness (QED) is 0.739. The van der Waals surface area contributed by atoms with Crippen LogP contribution >= 0.6 is 39.1 Å². The van der Waals surface area contributed by atoms with Crippen LogP contribution in [0, 0.1) is 6.92 Å². The molecule has 1 nitrogen and oxygen atoms in total. The topological polar surface area (TPSA) is 12.0 Å². The number of aryl methyl sites for hydroxylation is 1. The van der Waals surface area contributed by atoms with Crippen molar-refractivity contribution in [3.8, 4) is 0 Å². The van der Waals surface area contributed by atoms with Crippen molar-refractivity contribution < 1.29 is 0 Å². The molecule has 4 heteroatoms. The van der Waals surface area contributed by atoms with Gasteiger partial charge in [-0.15, -0.1) is 0 Å². The Labute approximate surface area is 138 Å². The van der Waals surface area contributed by atoms with E-state index >= 15 is 0 Å². The number of hydrogen-bond acceptors (Lipinski definition) is 1. The van der Waals surface area contributed by atoms with Gasteiger partial charge in [0, 0.05) is 20.6 Å². The minimum Gasteiger partial charge on any atom is -0.313 e. The zero-order valence-electron chi connectivity index (χ0n) is 11.4. The van der Waals surface area contributed by atoms with Crippen LogP contribution in [-0.2, 0) is 6.42 Å². The van der Waals surface area contributed by atoms with Gasteiger partial charge in [0.25, 0.3) is 0 Å². The maximum absolute atomic E-state index is 6.26. The SMILES string of the molecule is CNC(Cc1ccc(Cl)cc1Cl)c1cc(C)cc(Br)c1. The Balaban J connectivity index is 2.28. The molecule has 0 amide bonds. The van der Waals surface area contributed by atoms with E-state index < -0.39 is 0 Å². The molecule has 0 heterocycles. The fourth-order valence-corrected chi connectivity index (χ4v) is 3.37. The van der Waals surface area contributed by atoms with Crippen molar-refractivity contribution in [2.75, 3.05) is 7.05 Å². The van der Waals surface area contributed by atoms with E-state index in [0.29, 0.717) is 10.0 Å². The third-order valence-corrected chi connectivity index (χ3v) is 4.30. The number of nitrogens with one attached hydrogen (secondary N) is 1. The molecule has 0 aliphatic carbocycles. The summed E-state index contributed by atoms with van der Waals surface area (Å²) in [6.45, 7) is 2.09. The smallest absolute Gasteiger partial charge is 0.0453 e. The second-order valence-corrected chi connectivity index (χ2v) is 6.60. The van der Waals surface area contributed by atoms with E-state index in [4.69, 9.17) is 23.2 Å². The van der Waals surface area contributed by atoms with Gasteiger partial charge < -0.3 is 5.32 Å². The van der Waals surface area contributed by atoms with Crippen LogP contribution in [0.25, 0.3) is 0 Å². The van der Waals surface area contributed by atoms with E-state index in [2.05, 4.69) is 46.4 Å². The van der Waals surface area contributed by atoms with E-state index in [-0.39, 0.29) is 6.04 Å². The van der Waals surface area contributed by atoms with Gasteiger partial charge in [0.1, 0.15) is 0 Å². The summed E-state index contributed by atoms with van der Waals surface area (Å²) in [6.07, 6.45) is 0.822. The Bertz CT molecular complexity index is 593. The second-order valence-electron chi connectivity index (χ2n) is 4.84. The normalized spacial score (nSPS) is 12.4. The predicted molar refractivity (Wildman–Crippen MR) is 90.8 cm³/mol. The van der Waals surface area contributed by atoms with Crippen molar-refractivity contribution >= 4 is 39.1 Å². The first-order valence-corrected chi connectivity index (χ1v) is 7.93. The Kier molecular flexibility index (Phi) is 5.50. The summed E-state index contributed by atoms with van der Waals surface area (Å²) in [4.78, 5) is 0. The molecule has 2 aromatic carbocycles. The van der Waals surface area contributed by atoms with Gasteiger partial charge >= 0.3 is 0 Å². The highest BCUT2D eigenvalue weighted by Gasteiger charge is 2.13. The first kappa shape index (κ1) is 15.8. The van der Waals surface area contributed by atoms with Gasteiger partial charge in [0.15, 0.2) is 0 Å². The molecule has 20 heavy (non-hydrogen) atoms. The van der Waals surface area contributed by atoms with E-state index in [1.165, 1.54) is 11.1 Å². The highest BCUT2D eigenvalue weighted by Crippen LogP contribution is 2.28. The number of benzene rings is 2. The molecule has 2 rings (SSSR count). The minimum absolute atomic E-state index is 0.213. The molecule has 1 unspecified atom stereocenters. The summed E-state index contributed by atoms with van der Waals surface area (Å²) in [5.41, 5.74) is 3.57. The Morgan fingerprint density at radius 3 is 2.50 bits per heavy atom. The Morgan fingerprint density at radius 2 is 1.90 bits per heavy atom. The fourth-order valence-electron chi connectivity index (χ4n) is 2.26. The van der Waals surface area contributed by atoms with Crippen molar-refractivity contribution in [2.45, 2.75) is 19.4 Å². The van der Waals surface area contributed by atoms with Crippen LogP contribution in [0.3, 0.4) is 0 Å².